The Morgan fingerprint density at radius 3 is 2.79 bits per heavy atom. The molecule has 0 aliphatic heterocycles. The van der Waals surface area contributed by atoms with E-state index in [-0.39, 0.29) is 23.2 Å². The molecule has 0 aliphatic carbocycles. The first-order chi connectivity index (χ1) is 8.95. The van der Waals surface area contributed by atoms with Crippen LogP contribution in [0.15, 0.2) is 18.5 Å². The number of aromatic nitrogens is 3. The Hall–Kier alpha value is -2.22. The predicted octanol–water partition coefficient (Wildman–Crippen LogP) is 1.43. The fraction of sp³-hybridized carbons (Fsp3) is 0.100. The maximum absolute atomic E-state index is 13.4. The van der Waals surface area contributed by atoms with E-state index in [9.17, 15) is 13.6 Å². The Balaban J connectivity index is 2.11. The fourth-order valence-electron chi connectivity index (χ4n) is 1.37. The van der Waals surface area contributed by atoms with Gasteiger partial charge in [0.05, 0.1) is 10.7 Å². The monoisotopic (exact) mass is 287 g/mol. The molecule has 1 aromatic carbocycles. The van der Waals surface area contributed by atoms with E-state index in [0.717, 1.165) is 6.07 Å². The van der Waals surface area contributed by atoms with Gasteiger partial charge in [-0.15, -0.1) is 5.10 Å². The quantitative estimate of drug-likeness (QED) is 0.894. The van der Waals surface area contributed by atoms with E-state index in [1.54, 1.807) is 0 Å². The third kappa shape index (κ3) is 3.16. The fourth-order valence-corrected chi connectivity index (χ4v) is 1.61. The second-order valence-corrected chi connectivity index (χ2v) is 4.00. The van der Waals surface area contributed by atoms with E-state index in [0.29, 0.717) is 6.07 Å². The Morgan fingerprint density at radius 1 is 1.47 bits per heavy atom. The standard InChI is InChI=1S/C10H8ClF2N5O/c11-6-1-5(12)2-7(13)9(6)16-8(19)3-18-4-15-10(14)17-18/h1-2,4H,3H2,(H2,14,17)(H,16,19). The van der Waals surface area contributed by atoms with Crippen LogP contribution in [0, 0.1) is 11.6 Å². The van der Waals surface area contributed by atoms with Crippen LogP contribution in [0.5, 0.6) is 0 Å². The van der Waals surface area contributed by atoms with Gasteiger partial charge in [-0.1, -0.05) is 11.6 Å². The molecule has 6 nitrogen and oxygen atoms in total. The summed E-state index contributed by atoms with van der Waals surface area (Å²) in [6, 6.07) is 1.52. The number of carbonyl (C=O) groups is 1. The Kier molecular flexibility index (Phi) is 3.61. The van der Waals surface area contributed by atoms with Crippen molar-refractivity contribution in [3.63, 3.8) is 0 Å². The van der Waals surface area contributed by atoms with Gasteiger partial charge in [-0.05, 0) is 6.07 Å². The topological polar surface area (TPSA) is 85.8 Å². The summed E-state index contributed by atoms with van der Waals surface area (Å²) >= 11 is 5.64. The minimum atomic E-state index is -0.962. The molecule has 2 rings (SSSR count). The number of amides is 1. The maximum atomic E-state index is 13.4. The molecule has 1 amide bonds. The Labute approximate surface area is 111 Å². The summed E-state index contributed by atoms with van der Waals surface area (Å²) < 4.78 is 27.4. The first-order valence-electron chi connectivity index (χ1n) is 5.05. The molecule has 1 aromatic heterocycles. The molecule has 2 aromatic rings. The van der Waals surface area contributed by atoms with Crippen molar-refractivity contribution >= 4 is 29.1 Å². The van der Waals surface area contributed by atoms with E-state index in [1.165, 1.54) is 11.0 Å². The van der Waals surface area contributed by atoms with Crippen LogP contribution in [-0.2, 0) is 11.3 Å². The summed E-state index contributed by atoms with van der Waals surface area (Å²) in [6.45, 7) is -0.225. The molecule has 0 saturated carbocycles. The van der Waals surface area contributed by atoms with Gasteiger partial charge in [0.15, 0.2) is 5.82 Å². The zero-order valence-electron chi connectivity index (χ0n) is 9.40. The van der Waals surface area contributed by atoms with Gasteiger partial charge in [0, 0.05) is 6.07 Å². The average molecular weight is 288 g/mol. The number of nitrogens with two attached hydrogens (primary N) is 1. The molecule has 0 bridgehead atoms. The number of nitrogens with zero attached hydrogens (tertiary/aromatic N) is 3. The van der Waals surface area contributed by atoms with Gasteiger partial charge in [0.25, 0.3) is 0 Å². The van der Waals surface area contributed by atoms with Crippen LogP contribution in [0.1, 0.15) is 0 Å². The molecule has 100 valence electrons. The molecule has 0 saturated heterocycles. The van der Waals surface area contributed by atoms with Crippen LogP contribution in [-0.4, -0.2) is 20.7 Å². The number of hydrogen-bond acceptors (Lipinski definition) is 4. The third-order valence-corrected chi connectivity index (χ3v) is 2.43. The zero-order chi connectivity index (χ0) is 14.0. The molecule has 0 fully saturated rings. The van der Waals surface area contributed by atoms with Gasteiger partial charge < -0.3 is 11.1 Å². The second-order valence-electron chi connectivity index (χ2n) is 3.59. The highest BCUT2D eigenvalue weighted by molar-refractivity contribution is 6.33. The van der Waals surface area contributed by atoms with Crippen LogP contribution < -0.4 is 11.1 Å². The van der Waals surface area contributed by atoms with Crippen molar-refractivity contribution in [2.24, 2.45) is 0 Å². The number of anilines is 2. The molecule has 0 unspecified atom stereocenters. The minimum absolute atomic E-state index is 0.0128. The zero-order valence-corrected chi connectivity index (χ0v) is 10.2. The maximum Gasteiger partial charge on any atom is 0.246 e. The number of nitrogen functional groups attached to an aromatic ring is 1. The summed E-state index contributed by atoms with van der Waals surface area (Å²) in [4.78, 5) is 15.2. The van der Waals surface area contributed by atoms with Crippen molar-refractivity contribution in [3.05, 3.63) is 35.1 Å². The highest BCUT2D eigenvalue weighted by atomic mass is 35.5. The molecule has 0 aliphatic rings. The number of benzene rings is 1. The van der Waals surface area contributed by atoms with Crippen LogP contribution in [0.3, 0.4) is 0 Å². The van der Waals surface area contributed by atoms with Crippen molar-refractivity contribution in [1.82, 2.24) is 14.8 Å². The van der Waals surface area contributed by atoms with Gasteiger partial charge in [0.1, 0.15) is 18.7 Å². The molecule has 3 N–H and O–H groups in total. The number of halogens is 3. The number of nitrogens with one attached hydrogen (secondary N) is 1. The van der Waals surface area contributed by atoms with E-state index < -0.39 is 17.5 Å². The van der Waals surface area contributed by atoms with Gasteiger partial charge in [-0.3, -0.25) is 4.79 Å². The first-order valence-corrected chi connectivity index (χ1v) is 5.43. The molecule has 1 heterocycles. The molecular weight excluding hydrogens is 280 g/mol. The lowest BCUT2D eigenvalue weighted by Gasteiger charge is -2.08. The Bertz CT molecular complexity index is 607. The molecule has 19 heavy (non-hydrogen) atoms. The van der Waals surface area contributed by atoms with Crippen LogP contribution in [0.25, 0.3) is 0 Å². The first kappa shape index (κ1) is 13.2. The normalized spacial score (nSPS) is 10.5. The summed E-state index contributed by atoms with van der Waals surface area (Å²) in [7, 11) is 0. The van der Waals surface area contributed by atoms with E-state index >= 15 is 0 Å². The van der Waals surface area contributed by atoms with Gasteiger partial charge in [-0.2, -0.15) is 0 Å². The van der Waals surface area contributed by atoms with E-state index in [2.05, 4.69) is 15.4 Å². The third-order valence-electron chi connectivity index (χ3n) is 2.13. The lowest BCUT2D eigenvalue weighted by atomic mass is 10.3. The summed E-state index contributed by atoms with van der Waals surface area (Å²) in [6.07, 6.45) is 1.25. The van der Waals surface area contributed by atoms with Crippen molar-refractivity contribution in [1.29, 1.82) is 0 Å². The minimum Gasteiger partial charge on any atom is -0.367 e. The molecule has 0 spiro atoms. The second kappa shape index (κ2) is 5.19. The number of carbonyl (C=O) groups excluding carboxylic acids is 1. The van der Waals surface area contributed by atoms with Crippen LogP contribution in [0.2, 0.25) is 5.02 Å². The smallest absolute Gasteiger partial charge is 0.246 e. The SMILES string of the molecule is Nc1ncn(CC(=O)Nc2c(F)cc(F)cc2Cl)n1. The van der Waals surface area contributed by atoms with Gasteiger partial charge >= 0.3 is 0 Å². The van der Waals surface area contributed by atoms with Crippen molar-refractivity contribution in [2.45, 2.75) is 6.54 Å². The summed E-state index contributed by atoms with van der Waals surface area (Å²) in [5.41, 5.74) is 4.98. The summed E-state index contributed by atoms with van der Waals surface area (Å²) in [5, 5.41) is 5.68. The number of hydrogen-bond donors (Lipinski definition) is 2. The van der Waals surface area contributed by atoms with Crippen molar-refractivity contribution in [2.75, 3.05) is 11.1 Å². The van der Waals surface area contributed by atoms with Crippen LogP contribution in [0.4, 0.5) is 20.4 Å². The summed E-state index contributed by atoms with van der Waals surface area (Å²) in [5.74, 6) is -2.38. The van der Waals surface area contributed by atoms with Gasteiger partial charge in [0.2, 0.25) is 11.9 Å². The van der Waals surface area contributed by atoms with Crippen molar-refractivity contribution < 1.29 is 13.6 Å². The van der Waals surface area contributed by atoms with E-state index in [1.807, 2.05) is 0 Å². The largest absolute Gasteiger partial charge is 0.367 e. The predicted molar refractivity (Wildman–Crippen MR) is 64.4 cm³/mol. The highest BCUT2D eigenvalue weighted by Crippen LogP contribution is 2.26. The Morgan fingerprint density at radius 2 is 2.21 bits per heavy atom. The molecule has 0 atom stereocenters. The lowest BCUT2D eigenvalue weighted by molar-refractivity contribution is -0.116. The highest BCUT2D eigenvalue weighted by Gasteiger charge is 2.13. The van der Waals surface area contributed by atoms with Crippen molar-refractivity contribution in [3.8, 4) is 0 Å². The average Bonchev–Trinajstić information content (AvgIpc) is 2.69. The molecule has 0 radical (unpaired) electrons. The van der Waals surface area contributed by atoms with Gasteiger partial charge in [-0.25, -0.2) is 18.4 Å². The molecule has 9 heteroatoms. The lowest BCUT2D eigenvalue weighted by Crippen LogP contribution is -2.20. The molecular formula is C10H8ClF2N5O. The van der Waals surface area contributed by atoms with Crippen LogP contribution >= 0.6 is 11.6 Å². The number of rotatable bonds is 3. The van der Waals surface area contributed by atoms with E-state index in [4.69, 9.17) is 17.3 Å².